The van der Waals surface area contributed by atoms with E-state index in [1.54, 1.807) is 19.9 Å². The summed E-state index contributed by atoms with van der Waals surface area (Å²) in [5.41, 5.74) is 6.25. The number of amides is 3. The van der Waals surface area contributed by atoms with Crippen LogP contribution in [0.15, 0.2) is 28.7 Å². The maximum atomic E-state index is 11.9. The fourth-order valence-electron chi connectivity index (χ4n) is 2.12. The molecular formula is C16H19N3O5. The van der Waals surface area contributed by atoms with Crippen LogP contribution in [0.4, 0.5) is 4.79 Å². The summed E-state index contributed by atoms with van der Waals surface area (Å²) in [6, 6.07) is 6.27. The number of primary amides is 1. The largest absolute Gasteiger partial charge is 0.452 e. The third-order valence-corrected chi connectivity index (χ3v) is 3.25. The first kappa shape index (κ1) is 17.5. The fourth-order valence-corrected chi connectivity index (χ4v) is 2.12. The van der Waals surface area contributed by atoms with Crippen LogP contribution >= 0.6 is 0 Å². The highest BCUT2D eigenvalue weighted by Crippen LogP contribution is 2.16. The van der Waals surface area contributed by atoms with Gasteiger partial charge in [0.25, 0.3) is 5.91 Å². The van der Waals surface area contributed by atoms with Crippen molar-refractivity contribution in [3.63, 3.8) is 0 Å². The Kier molecular flexibility index (Phi) is 5.51. The van der Waals surface area contributed by atoms with Gasteiger partial charge in [0.1, 0.15) is 5.52 Å². The van der Waals surface area contributed by atoms with Crippen molar-refractivity contribution in [1.29, 1.82) is 0 Å². The molecule has 0 saturated carbocycles. The minimum Gasteiger partial charge on any atom is -0.452 e. The number of benzene rings is 1. The lowest BCUT2D eigenvalue weighted by Gasteiger charge is -2.19. The van der Waals surface area contributed by atoms with Crippen LogP contribution in [0.25, 0.3) is 11.1 Å². The lowest BCUT2D eigenvalue weighted by Crippen LogP contribution is -2.45. The van der Waals surface area contributed by atoms with Gasteiger partial charge in [-0.2, -0.15) is 0 Å². The highest BCUT2D eigenvalue weighted by atomic mass is 16.5. The number of fused-ring (bicyclic) bond motifs is 1. The number of ether oxygens (including phenoxy) is 1. The van der Waals surface area contributed by atoms with Gasteiger partial charge in [0.15, 0.2) is 17.6 Å². The SMILES string of the molecule is CC(C)[C@H](OC(=O)CCc1nc2ccccc2o1)C(=O)NC(N)=O. The van der Waals surface area contributed by atoms with E-state index in [-0.39, 0.29) is 18.8 Å². The molecule has 1 aromatic heterocycles. The van der Waals surface area contributed by atoms with Crippen molar-refractivity contribution in [1.82, 2.24) is 10.3 Å². The smallest absolute Gasteiger partial charge is 0.318 e. The second-order valence-corrected chi connectivity index (χ2v) is 5.58. The number of oxazole rings is 1. The van der Waals surface area contributed by atoms with Gasteiger partial charge in [-0.1, -0.05) is 26.0 Å². The molecule has 128 valence electrons. The van der Waals surface area contributed by atoms with Crippen LogP contribution in [0.1, 0.15) is 26.2 Å². The first-order chi connectivity index (χ1) is 11.4. The van der Waals surface area contributed by atoms with Crippen LogP contribution < -0.4 is 11.1 Å². The molecule has 0 fully saturated rings. The number of aryl methyl sites for hydroxylation is 1. The Labute approximate surface area is 138 Å². The normalized spacial score (nSPS) is 12.1. The highest BCUT2D eigenvalue weighted by molar-refractivity contribution is 5.96. The third-order valence-electron chi connectivity index (χ3n) is 3.25. The summed E-state index contributed by atoms with van der Waals surface area (Å²) >= 11 is 0. The number of nitrogens with two attached hydrogens (primary N) is 1. The van der Waals surface area contributed by atoms with E-state index in [1.807, 2.05) is 23.5 Å². The molecule has 24 heavy (non-hydrogen) atoms. The van der Waals surface area contributed by atoms with Crippen molar-refractivity contribution < 1.29 is 23.5 Å². The Balaban J connectivity index is 1.93. The van der Waals surface area contributed by atoms with Gasteiger partial charge >= 0.3 is 12.0 Å². The summed E-state index contributed by atoms with van der Waals surface area (Å²) < 4.78 is 10.7. The molecule has 8 nitrogen and oxygen atoms in total. The molecule has 0 saturated heterocycles. The number of nitrogens with zero attached hydrogens (tertiary/aromatic N) is 1. The Morgan fingerprint density at radius 1 is 1.29 bits per heavy atom. The maximum absolute atomic E-state index is 11.9. The number of esters is 1. The zero-order chi connectivity index (χ0) is 17.7. The van der Waals surface area contributed by atoms with Gasteiger partial charge in [0.05, 0.1) is 6.42 Å². The molecule has 2 rings (SSSR count). The Morgan fingerprint density at radius 3 is 2.62 bits per heavy atom. The molecule has 0 spiro atoms. The van der Waals surface area contributed by atoms with E-state index in [9.17, 15) is 14.4 Å². The maximum Gasteiger partial charge on any atom is 0.318 e. The topological polar surface area (TPSA) is 125 Å². The van der Waals surface area contributed by atoms with E-state index < -0.39 is 24.0 Å². The number of nitrogens with one attached hydrogen (secondary N) is 1. The number of hydrogen-bond donors (Lipinski definition) is 2. The molecule has 0 aliphatic carbocycles. The van der Waals surface area contributed by atoms with E-state index in [4.69, 9.17) is 14.9 Å². The van der Waals surface area contributed by atoms with Crippen molar-refractivity contribution in [2.75, 3.05) is 0 Å². The number of urea groups is 1. The van der Waals surface area contributed by atoms with Crippen LogP contribution in [-0.4, -0.2) is 29.0 Å². The van der Waals surface area contributed by atoms with Crippen LogP contribution in [0.3, 0.4) is 0 Å². The average molecular weight is 333 g/mol. The molecule has 1 aromatic carbocycles. The summed E-state index contributed by atoms with van der Waals surface area (Å²) in [5.74, 6) is -1.23. The van der Waals surface area contributed by atoms with Crippen molar-refractivity contribution in [3.05, 3.63) is 30.2 Å². The minimum absolute atomic E-state index is 0.000106. The summed E-state index contributed by atoms with van der Waals surface area (Å²) in [6.07, 6.45) is -0.844. The van der Waals surface area contributed by atoms with Crippen LogP contribution in [0, 0.1) is 5.92 Å². The lowest BCUT2D eigenvalue weighted by molar-refractivity contribution is -0.158. The molecule has 0 bridgehead atoms. The molecular weight excluding hydrogens is 314 g/mol. The van der Waals surface area contributed by atoms with Gasteiger partial charge in [-0.25, -0.2) is 9.78 Å². The van der Waals surface area contributed by atoms with Gasteiger partial charge in [0, 0.05) is 6.42 Å². The van der Waals surface area contributed by atoms with E-state index in [0.29, 0.717) is 17.0 Å². The minimum atomic E-state index is -1.09. The summed E-state index contributed by atoms with van der Waals surface area (Å²) in [4.78, 5) is 38.8. The average Bonchev–Trinajstić information content (AvgIpc) is 2.92. The molecule has 0 aliphatic heterocycles. The van der Waals surface area contributed by atoms with Crippen molar-refractivity contribution in [2.24, 2.45) is 11.7 Å². The predicted octanol–water partition coefficient (Wildman–Crippen LogP) is 1.52. The molecule has 0 aliphatic rings. The van der Waals surface area contributed by atoms with Gasteiger partial charge in [-0.05, 0) is 18.1 Å². The first-order valence-corrected chi connectivity index (χ1v) is 7.51. The summed E-state index contributed by atoms with van der Waals surface area (Å²) in [7, 11) is 0. The zero-order valence-corrected chi connectivity index (χ0v) is 13.4. The number of imide groups is 1. The molecule has 8 heteroatoms. The monoisotopic (exact) mass is 333 g/mol. The lowest BCUT2D eigenvalue weighted by atomic mass is 10.1. The molecule has 3 amide bonds. The summed E-state index contributed by atoms with van der Waals surface area (Å²) in [5, 5.41) is 1.91. The number of carbonyl (C=O) groups excluding carboxylic acids is 3. The standard InChI is InChI=1S/C16H19N3O5/c1-9(2)14(15(21)19-16(17)22)24-13(20)8-7-12-18-10-5-3-4-6-11(10)23-12/h3-6,9,14H,7-8H2,1-2H3,(H3,17,19,21,22)/t14-/m0/s1. The van der Waals surface area contributed by atoms with Crippen molar-refractivity contribution in [3.8, 4) is 0 Å². The first-order valence-electron chi connectivity index (χ1n) is 7.51. The van der Waals surface area contributed by atoms with E-state index >= 15 is 0 Å². The molecule has 2 aromatic rings. The third kappa shape index (κ3) is 4.55. The summed E-state index contributed by atoms with van der Waals surface area (Å²) in [6.45, 7) is 3.39. The second-order valence-electron chi connectivity index (χ2n) is 5.58. The molecule has 0 unspecified atom stereocenters. The van der Waals surface area contributed by atoms with E-state index in [1.165, 1.54) is 0 Å². The predicted molar refractivity (Wildman–Crippen MR) is 84.8 cm³/mol. The number of para-hydroxylation sites is 2. The Morgan fingerprint density at radius 2 is 2.00 bits per heavy atom. The Bertz CT molecular complexity index is 720. The zero-order valence-electron chi connectivity index (χ0n) is 13.4. The van der Waals surface area contributed by atoms with Gasteiger partial charge in [-0.3, -0.25) is 14.9 Å². The van der Waals surface area contributed by atoms with Gasteiger partial charge < -0.3 is 14.9 Å². The number of aromatic nitrogens is 1. The van der Waals surface area contributed by atoms with Gasteiger partial charge in [0.2, 0.25) is 0 Å². The molecule has 1 atom stereocenters. The number of carbonyl (C=O) groups is 3. The fraction of sp³-hybridized carbons (Fsp3) is 0.375. The quantitative estimate of drug-likeness (QED) is 0.772. The number of hydrogen-bond acceptors (Lipinski definition) is 6. The Hall–Kier alpha value is -2.90. The van der Waals surface area contributed by atoms with E-state index in [0.717, 1.165) is 0 Å². The molecule has 3 N–H and O–H groups in total. The second kappa shape index (κ2) is 7.58. The van der Waals surface area contributed by atoms with Crippen LogP contribution in [0.2, 0.25) is 0 Å². The van der Waals surface area contributed by atoms with Crippen LogP contribution in [-0.2, 0) is 20.7 Å². The van der Waals surface area contributed by atoms with E-state index in [2.05, 4.69) is 4.98 Å². The van der Waals surface area contributed by atoms with Gasteiger partial charge in [-0.15, -0.1) is 0 Å². The van der Waals surface area contributed by atoms with Crippen molar-refractivity contribution in [2.45, 2.75) is 32.8 Å². The van der Waals surface area contributed by atoms with Crippen molar-refractivity contribution >= 4 is 29.0 Å². The highest BCUT2D eigenvalue weighted by Gasteiger charge is 2.27. The molecule has 1 heterocycles. The number of rotatable bonds is 6. The van der Waals surface area contributed by atoms with Crippen LogP contribution in [0.5, 0.6) is 0 Å². The molecule has 0 radical (unpaired) electrons.